The van der Waals surface area contributed by atoms with Crippen molar-refractivity contribution in [2.75, 3.05) is 13.3 Å². The van der Waals surface area contributed by atoms with Gasteiger partial charge in [-0.2, -0.15) is 0 Å². The Bertz CT molecular complexity index is 401. The van der Waals surface area contributed by atoms with Gasteiger partial charge in [-0.15, -0.1) is 0 Å². The summed E-state index contributed by atoms with van der Waals surface area (Å²) in [6.07, 6.45) is 0.776. The van der Waals surface area contributed by atoms with Crippen LogP contribution < -0.4 is 15.2 Å². The van der Waals surface area contributed by atoms with Crippen LogP contribution in [0, 0.1) is 0 Å². The second kappa shape index (κ2) is 3.90. The first kappa shape index (κ1) is 9.98. The van der Waals surface area contributed by atoms with Gasteiger partial charge in [-0.25, -0.2) is 0 Å². The number of nitrogens with two attached hydrogens (primary N) is 1. The molecule has 2 N–H and O–H groups in total. The lowest BCUT2D eigenvalue weighted by Crippen LogP contribution is -2.15. The molecule has 1 aromatic rings. The molecule has 4 nitrogen and oxygen atoms in total. The molecular formula is C11H13NO3. The molecule has 0 atom stereocenters. The van der Waals surface area contributed by atoms with E-state index < -0.39 is 0 Å². The fourth-order valence-electron chi connectivity index (χ4n) is 1.65. The molecule has 0 aromatic heterocycles. The molecule has 0 saturated carbocycles. The minimum atomic E-state index is -0.0647. The molecule has 1 aliphatic rings. The second-order valence-corrected chi connectivity index (χ2v) is 3.34. The van der Waals surface area contributed by atoms with Crippen molar-refractivity contribution in [3.8, 4) is 11.5 Å². The first-order valence-corrected chi connectivity index (χ1v) is 4.92. The number of carbonyl (C=O) groups is 1. The summed E-state index contributed by atoms with van der Waals surface area (Å²) in [5.41, 5.74) is 6.95. The highest BCUT2D eigenvalue weighted by Gasteiger charge is 2.19. The number of carbonyl (C=O) groups excluding carboxylic acids is 1. The molecule has 15 heavy (non-hydrogen) atoms. The van der Waals surface area contributed by atoms with Crippen LogP contribution in [0.25, 0.3) is 0 Å². The van der Waals surface area contributed by atoms with Gasteiger partial charge in [0.05, 0.1) is 6.54 Å². The monoisotopic (exact) mass is 207 g/mol. The third-order valence-corrected chi connectivity index (χ3v) is 2.47. The van der Waals surface area contributed by atoms with E-state index in [1.54, 1.807) is 6.07 Å². The Morgan fingerprint density at radius 2 is 2.07 bits per heavy atom. The van der Waals surface area contributed by atoms with Gasteiger partial charge in [-0.3, -0.25) is 4.79 Å². The number of benzene rings is 1. The van der Waals surface area contributed by atoms with E-state index in [1.807, 2.05) is 13.0 Å². The highest BCUT2D eigenvalue weighted by molar-refractivity contribution is 5.99. The van der Waals surface area contributed by atoms with Gasteiger partial charge in [0.25, 0.3) is 0 Å². The predicted octanol–water partition coefficient (Wildman–Crippen LogP) is 1.12. The summed E-state index contributed by atoms with van der Waals surface area (Å²) in [4.78, 5) is 11.6. The van der Waals surface area contributed by atoms with Crippen LogP contribution in [0.5, 0.6) is 11.5 Å². The van der Waals surface area contributed by atoms with E-state index in [2.05, 4.69) is 0 Å². The molecule has 1 aliphatic heterocycles. The maximum atomic E-state index is 11.6. The lowest BCUT2D eigenvalue weighted by atomic mass is 10.0. The fraction of sp³-hybridized carbons (Fsp3) is 0.364. The summed E-state index contributed by atoms with van der Waals surface area (Å²) in [6, 6.07) is 3.57. The third kappa shape index (κ3) is 1.68. The summed E-state index contributed by atoms with van der Waals surface area (Å²) in [7, 11) is 0. The molecule has 0 fully saturated rings. The van der Waals surface area contributed by atoms with Crippen LogP contribution in [0.2, 0.25) is 0 Å². The van der Waals surface area contributed by atoms with Crippen molar-refractivity contribution < 1.29 is 14.3 Å². The summed E-state index contributed by atoms with van der Waals surface area (Å²) in [6.45, 7) is 2.23. The second-order valence-electron chi connectivity index (χ2n) is 3.34. The molecule has 4 heteroatoms. The standard InChI is InChI=1S/C11H13NO3/c1-2-7-3-10-11(15-6-14-10)4-8(7)9(13)5-12/h3-4H,2,5-6,12H2,1H3. The zero-order valence-electron chi connectivity index (χ0n) is 8.58. The van der Waals surface area contributed by atoms with Crippen molar-refractivity contribution >= 4 is 5.78 Å². The molecular weight excluding hydrogens is 194 g/mol. The Balaban J connectivity index is 2.48. The molecule has 0 spiro atoms. The van der Waals surface area contributed by atoms with Crippen LogP contribution >= 0.6 is 0 Å². The van der Waals surface area contributed by atoms with E-state index in [4.69, 9.17) is 15.2 Å². The van der Waals surface area contributed by atoms with Crippen LogP contribution in [0.3, 0.4) is 0 Å². The van der Waals surface area contributed by atoms with Crippen molar-refractivity contribution in [3.05, 3.63) is 23.3 Å². The number of ether oxygens (including phenoxy) is 2. The lowest BCUT2D eigenvalue weighted by Gasteiger charge is -2.07. The normalized spacial score (nSPS) is 12.9. The van der Waals surface area contributed by atoms with E-state index in [0.717, 1.165) is 12.0 Å². The largest absolute Gasteiger partial charge is 0.454 e. The third-order valence-electron chi connectivity index (χ3n) is 2.47. The number of hydrogen-bond acceptors (Lipinski definition) is 4. The SMILES string of the molecule is CCc1cc2c(cc1C(=O)CN)OCO2. The maximum absolute atomic E-state index is 11.6. The Labute approximate surface area is 88.0 Å². The van der Waals surface area contributed by atoms with E-state index in [9.17, 15) is 4.79 Å². The Kier molecular flexibility index (Phi) is 2.60. The highest BCUT2D eigenvalue weighted by Crippen LogP contribution is 2.35. The van der Waals surface area contributed by atoms with Crippen LogP contribution in [0.1, 0.15) is 22.8 Å². The topological polar surface area (TPSA) is 61.6 Å². The van der Waals surface area contributed by atoms with Crippen molar-refractivity contribution in [3.63, 3.8) is 0 Å². The van der Waals surface area contributed by atoms with E-state index in [-0.39, 0.29) is 19.1 Å². The van der Waals surface area contributed by atoms with Crippen LogP contribution in [-0.2, 0) is 6.42 Å². The van der Waals surface area contributed by atoms with Gasteiger partial charge in [0, 0.05) is 5.56 Å². The number of rotatable bonds is 3. The van der Waals surface area contributed by atoms with E-state index >= 15 is 0 Å². The predicted molar refractivity (Wildman–Crippen MR) is 55.3 cm³/mol. The Hall–Kier alpha value is -1.55. The van der Waals surface area contributed by atoms with Gasteiger partial charge in [-0.05, 0) is 24.1 Å². The first-order valence-electron chi connectivity index (χ1n) is 4.92. The van der Waals surface area contributed by atoms with Gasteiger partial charge in [0.15, 0.2) is 17.3 Å². The zero-order chi connectivity index (χ0) is 10.8. The first-order chi connectivity index (χ1) is 7.26. The Morgan fingerprint density at radius 3 is 2.67 bits per heavy atom. The molecule has 0 saturated heterocycles. The zero-order valence-corrected chi connectivity index (χ0v) is 8.58. The molecule has 0 aliphatic carbocycles. The summed E-state index contributed by atoms with van der Waals surface area (Å²) < 4.78 is 10.5. The molecule has 0 bridgehead atoms. The van der Waals surface area contributed by atoms with Crippen molar-refractivity contribution in [1.82, 2.24) is 0 Å². The maximum Gasteiger partial charge on any atom is 0.231 e. The number of fused-ring (bicyclic) bond motifs is 1. The molecule has 0 unspecified atom stereocenters. The van der Waals surface area contributed by atoms with Gasteiger partial charge in [0.2, 0.25) is 6.79 Å². The molecule has 2 rings (SSSR count). The quantitative estimate of drug-likeness (QED) is 0.754. The lowest BCUT2D eigenvalue weighted by molar-refractivity contribution is 0.1000. The molecule has 0 radical (unpaired) electrons. The number of ketones is 1. The summed E-state index contributed by atoms with van der Waals surface area (Å²) >= 11 is 0. The van der Waals surface area contributed by atoms with E-state index in [1.165, 1.54) is 0 Å². The summed E-state index contributed by atoms with van der Waals surface area (Å²) in [5.74, 6) is 1.27. The summed E-state index contributed by atoms with van der Waals surface area (Å²) in [5, 5.41) is 0. The van der Waals surface area contributed by atoms with Gasteiger partial charge in [-0.1, -0.05) is 6.92 Å². The molecule has 0 amide bonds. The number of Topliss-reactive ketones (excluding diaryl/α,β-unsaturated/α-hetero) is 1. The van der Waals surface area contributed by atoms with E-state index in [0.29, 0.717) is 17.1 Å². The smallest absolute Gasteiger partial charge is 0.231 e. The number of aryl methyl sites for hydroxylation is 1. The molecule has 1 aromatic carbocycles. The van der Waals surface area contributed by atoms with Crippen LogP contribution in [0.4, 0.5) is 0 Å². The fourth-order valence-corrected chi connectivity index (χ4v) is 1.65. The van der Waals surface area contributed by atoms with Crippen molar-refractivity contribution in [1.29, 1.82) is 0 Å². The van der Waals surface area contributed by atoms with Gasteiger partial charge >= 0.3 is 0 Å². The molecule has 1 heterocycles. The van der Waals surface area contributed by atoms with Gasteiger partial charge in [0.1, 0.15) is 0 Å². The molecule has 80 valence electrons. The minimum absolute atomic E-state index is 0.0205. The number of hydrogen-bond donors (Lipinski definition) is 1. The van der Waals surface area contributed by atoms with Crippen molar-refractivity contribution in [2.24, 2.45) is 5.73 Å². The highest BCUT2D eigenvalue weighted by atomic mass is 16.7. The minimum Gasteiger partial charge on any atom is -0.454 e. The van der Waals surface area contributed by atoms with Crippen molar-refractivity contribution in [2.45, 2.75) is 13.3 Å². The van der Waals surface area contributed by atoms with Crippen LogP contribution in [0.15, 0.2) is 12.1 Å². The Morgan fingerprint density at radius 1 is 1.40 bits per heavy atom. The van der Waals surface area contributed by atoms with Gasteiger partial charge < -0.3 is 15.2 Å². The average molecular weight is 207 g/mol. The van der Waals surface area contributed by atoms with Crippen LogP contribution in [-0.4, -0.2) is 19.1 Å². The average Bonchev–Trinajstić information content (AvgIpc) is 2.73.